The Hall–Kier alpha value is -1.93. The Morgan fingerprint density at radius 2 is 2.26 bits per heavy atom. The number of nitriles is 1. The number of hydrogen-bond acceptors (Lipinski definition) is 4. The lowest BCUT2D eigenvalue weighted by Gasteiger charge is -2.30. The minimum absolute atomic E-state index is 0.0330. The minimum Gasteiger partial charge on any atom is -0.350 e. The second-order valence-electron chi connectivity index (χ2n) is 5.08. The molecule has 1 amide bonds. The van der Waals surface area contributed by atoms with Crippen LogP contribution in [0.15, 0.2) is 24.4 Å². The molecule has 5 heteroatoms. The summed E-state index contributed by atoms with van der Waals surface area (Å²) in [6.45, 7) is 0.447. The zero-order valence-corrected chi connectivity index (χ0v) is 10.8. The van der Waals surface area contributed by atoms with Gasteiger partial charge in [-0.2, -0.15) is 5.26 Å². The SMILES string of the molecule is N#CC1(N)CCC(C(=O)NCc2ccccn2)CC1. The van der Waals surface area contributed by atoms with Gasteiger partial charge in [-0.25, -0.2) is 0 Å². The number of carbonyl (C=O) groups excluding carboxylic acids is 1. The van der Waals surface area contributed by atoms with Gasteiger partial charge in [0.15, 0.2) is 0 Å². The first-order valence-electron chi connectivity index (χ1n) is 6.51. The Morgan fingerprint density at radius 3 is 2.84 bits per heavy atom. The number of rotatable bonds is 3. The summed E-state index contributed by atoms with van der Waals surface area (Å²) >= 11 is 0. The molecule has 1 fully saturated rings. The first kappa shape index (κ1) is 13.5. The van der Waals surface area contributed by atoms with Crippen LogP contribution in [0.5, 0.6) is 0 Å². The van der Waals surface area contributed by atoms with Crippen molar-refractivity contribution in [3.63, 3.8) is 0 Å². The normalized spacial score (nSPS) is 26.4. The fraction of sp³-hybridized carbons (Fsp3) is 0.500. The molecule has 19 heavy (non-hydrogen) atoms. The number of carbonyl (C=O) groups is 1. The predicted molar refractivity (Wildman–Crippen MR) is 70.6 cm³/mol. The van der Waals surface area contributed by atoms with Crippen molar-refractivity contribution in [3.8, 4) is 6.07 Å². The summed E-state index contributed by atoms with van der Waals surface area (Å²) in [5.74, 6) is -0.000574. The molecule has 5 nitrogen and oxygen atoms in total. The number of hydrogen-bond donors (Lipinski definition) is 2. The second kappa shape index (κ2) is 5.81. The molecule has 1 saturated carbocycles. The van der Waals surface area contributed by atoms with Crippen molar-refractivity contribution in [1.29, 1.82) is 5.26 Å². The van der Waals surface area contributed by atoms with Crippen LogP contribution in [0.3, 0.4) is 0 Å². The molecule has 0 aromatic carbocycles. The summed E-state index contributed by atoms with van der Waals surface area (Å²) in [6.07, 6.45) is 4.24. The zero-order valence-electron chi connectivity index (χ0n) is 10.8. The van der Waals surface area contributed by atoms with Crippen LogP contribution in [-0.2, 0) is 11.3 Å². The topological polar surface area (TPSA) is 91.8 Å². The van der Waals surface area contributed by atoms with Crippen LogP contribution in [-0.4, -0.2) is 16.4 Å². The van der Waals surface area contributed by atoms with E-state index < -0.39 is 5.54 Å². The molecule has 3 N–H and O–H groups in total. The third kappa shape index (κ3) is 3.52. The quantitative estimate of drug-likeness (QED) is 0.849. The molecule has 100 valence electrons. The lowest BCUT2D eigenvalue weighted by molar-refractivity contribution is -0.126. The Bertz CT molecular complexity index is 472. The molecule has 0 bridgehead atoms. The highest BCUT2D eigenvalue weighted by atomic mass is 16.1. The van der Waals surface area contributed by atoms with Crippen LogP contribution in [0, 0.1) is 17.2 Å². The Labute approximate surface area is 112 Å². The molecule has 0 aliphatic heterocycles. The van der Waals surface area contributed by atoms with Gasteiger partial charge in [-0.1, -0.05) is 6.07 Å². The van der Waals surface area contributed by atoms with Crippen molar-refractivity contribution in [1.82, 2.24) is 10.3 Å². The molecule has 0 unspecified atom stereocenters. The smallest absolute Gasteiger partial charge is 0.223 e. The van der Waals surface area contributed by atoms with Crippen molar-refractivity contribution in [2.75, 3.05) is 0 Å². The van der Waals surface area contributed by atoms with Gasteiger partial charge in [-0.3, -0.25) is 9.78 Å². The van der Waals surface area contributed by atoms with Crippen molar-refractivity contribution in [3.05, 3.63) is 30.1 Å². The maximum Gasteiger partial charge on any atom is 0.223 e. The number of amides is 1. The fourth-order valence-electron chi connectivity index (χ4n) is 2.33. The zero-order chi connectivity index (χ0) is 13.7. The molecule has 0 spiro atoms. The average molecular weight is 258 g/mol. The highest BCUT2D eigenvalue weighted by Crippen LogP contribution is 2.30. The second-order valence-corrected chi connectivity index (χ2v) is 5.08. The van der Waals surface area contributed by atoms with Gasteiger partial charge in [0.1, 0.15) is 5.54 Å². The molecule has 1 aromatic heterocycles. The van der Waals surface area contributed by atoms with Crippen LogP contribution >= 0.6 is 0 Å². The van der Waals surface area contributed by atoms with E-state index in [1.807, 2.05) is 18.2 Å². The van der Waals surface area contributed by atoms with E-state index in [2.05, 4.69) is 16.4 Å². The highest BCUT2D eigenvalue weighted by molar-refractivity contribution is 5.78. The summed E-state index contributed by atoms with van der Waals surface area (Å²) in [5, 5.41) is 11.8. The van der Waals surface area contributed by atoms with Gasteiger partial charge in [0, 0.05) is 12.1 Å². The number of nitrogens with two attached hydrogens (primary N) is 1. The van der Waals surface area contributed by atoms with Crippen molar-refractivity contribution in [2.45, 2.75) is 37.8 Å². The molecule has 1 aliphatic rings. The minimum atomic E-state index is -0.738. The van der Waals surface area contributed by atoms with Crippen LogP contribution in [0.4, 0.5) is 0 Å². The maximum atomic E-state index is 12.0. The average Bonchev–Trinajstić information content (AvgIpc) is 2.47. The van der Waals surface area contributed by atoms with Crippen LogP contribution in [0.2, 0.25) is 0 Å². The Morgan fingerprint density at radius 1 is 1.53 bits per heavy atom. The van der Waals surface area contributed by atoms with Gasteiger partial charge in [0.2, 0.25) is 5.91 Å². The number of aromatic nitrogens is 1. The fourth-order valence-corrected chi connectivity index (χ4v) is 2.33. The molecule has 2 rings (SSSR count). The van der Waals surface area contributed by atoms with E-state index in [9.17, 15) is 4.79 Å². The number of nitrogens with one attached hydrogen (secondary N) is 1. The van der Waals surface area contributed by atoms with Gasteiger partial charge in [0.05, 0.1) is 18.3 Å². The van der Waals surface area contributed by atoms with Crippen LogP contribution in [0.25, 0.3) is 0 Å². The van der Waals surface area contributed by atoms with Gasteiger partial charge < -0.3 is 11.1 Å². The first-order chi connectivity index (χ1) is 9.13. The van der Waals surface area contributed by atoms with Gasteiger partial charge >= 0.3 is 0 Å². The van der Waals surface area contributed by atoms with Crippen molar-refractivity contribution >= 4 is 5.91 Å². The van der Waals surface area contributed by atoms with E-state index in [0.29, 0.717) is 32.2 Å². The maximum absolute atomic E-state index is 12.0. The molecule has 1 heterocycles. The number of nitrogens with zero attached hydrogens (tertiary/aromatic N) is 2. The monoisotopic (exact) mass is 258 g/mol. The lowest BCUT2D eigenvalue weighted by atomic mass is 9.77. The van der Waals surface area contributed by atoms with E-state index in [1.165, 1.54) is 0 Å². The third-order valence-corrected chi connectivity index (χ3v) is 3.64. The van der Waals surface area contributed by atoms with E-state index in [1.54, 1.807) is 6.20 Å². The molecule has 1 aromatic rings. The van der Waals surface area contributed by atoms with Crippen molar-refractivity contribution < 1.29 is 4.79 Å². The summed E-state index contributed by atoms with van der Waals surface area (Å²) in [7, 11) is 0. The van der Waals surface area contributed by atoms with Gasteiger partial charge in [0.25, 0.3) is 0 Å². The summed E-state index contributed by atoms with van der Waals surface area (Å²) in [4.78, 5) is 16.2. The van der Waals surface area contributed by atoms with Crippen molar-refractivity contribution in [2.24, 2.45) is 11.7 Å². The predicted octanol–water partition coefficient (Wildman–Crippen LogP) is 1.11. The van der Waals surface area contributed by atoms with E-state index in [0.717, 1.165) is 5.69 Å². The van der Waals surface area contributed by atoms with Crippen LogP contribution in [0.1, 0.15) is 31.4 Å². The highest BCUT2D eigenvalue weighted by Gasteiger charge is 2.34. The standard InChI is InChI=1S/C14H18N4O/c15-10-14(16)6-4-11(5-7-14)13(19)18-9-12-3-1-2-8-17-12/h1-3,8,11H,4-7,9,16H2,(H,18,19). The number of pyridine rings is 1. The molecule has 0 atom stereocenters. The Balaban J connectivity index is 1.81. The summed E-state index contributed by atoms with van der Waals surface area (Å²) in [5.41, 5.74) is 5.99. The lowest BCUT2D eigenvalue weighted by Crippen LogP contribution is -2.44. The van der Waals surface area contributed by atoms with Gasteiger partial charge in [-0.15, -0.1) is 0 Å². The molecule has 0 radical (unpaired) electrons. The molecular formula is C14H18N4O. The van der Waals surface area contributed by atoms with Crippen LogP contribution < -0.4 is 11.1 Å². The summed E-state index contributed by atoms with van der Waals surface area (Å²) < 4.78 is 0. The largest absolute Gasteiger partial charge is 0.350 e. The molecule has 1 aliphatic carbocycles. The Kier molecular flexibility index (Phi) is 4.13. The van der Waals surface area contributed by atoms with E-state index in [4.69, 9.17) is 11.0 Å². The first-order valence-corrected chi connectivity index (χ1v) is 6.51. The molecule has 0 saturated heterocycles. The van der Waals surface area contributed by atoms with Gasteiger partial charge in [-0.05, 0) is 37.8 Å². The summed E-state index contributed by atoms with van der Waals surface area (Å²) in [6, 6.07) is 7.75. The van der Waals surface area contributed by atoms with E-state index in [-0.39, 0.29) is 11.8 Å². The molecular weight excluding hydrogens is 240 g/mol. The third-order valence-electron chi connectivity index (χ3n) is 3.64. The van der Waals surface area contributed by atoms with E-state index >= 15 is 0 Å².